The lowest BCUT2D eigenvalue weighted by atomic mass is 10.1. The fourth-order valence-corrected chi connectivity index (χ4v) is 2.42. The molecule has 0 aliphatic rings. The zero-order chi connectivity index (χ0) is 18.4. The fraction of sp³-hybridized carbons (Fsp3) is 0.235. The second-order valence-corrected chi connectivity index (χ2v) is 5.67. The van der Waals surface area contributed by atoms with Crippen molar-refractivity contribution in [2.75, 3.05) is 28.8 Å². The average molecular weight is 368 g/mol. The van der Waals surface area contributed by atoms with Crippen molar-refractivity contribution >= 4 is 34.7 Å². The number of carbonyl (C=O) groups is 1. The Morgan fingerprint density at radius 3 is 2.64 bits per heavy atom. The number of aliphatic hydroxyl groups is 1. The van der Waals surface area contributed by atoms with E-state index in [2.05, 4.69) is 10.6 Å². The monoisotopic (exact) mass is 367 g/mol. The molecule has 0 saturated heterocycles. The van der Waals surface area contributed by atoms with Gasteiger partial charge in [-0.1, -0.05) is 17.7 Å². The fourth-order valence-electron chi connectivity index (χ4n) is 2.25. The van der Waals surface area contributed by atoms with Crippen LogP contribution < -0.4 is 15.7 Å². The largest absolute Gasteiger partial charge is 0.396 e. The minimum Gasteiger partial charge on any atom is -0.396 e. The number of nitrogens with zero attached hydrogens (tertiary/aromatic N) is 1. The van der Waals surface area contributed by atoms with Crippen LogP contribution in [0.4, 0.5) is 26.2 Å². The zero-order valence-corrected chi connectivity index (χ0v) is 14.3. The highest BCUT2D eigenvalue weighted by molar-refractivity contribution is 6.31. The molecule has 2 rings (SSSR count). The Labute approximate surface area is 149 Å². The van der Waals surface area contributed by atoms with Crippen LogP contribution in [0.15, 0.2) is 36.4 Å². The van der Waals surface area contributed by atoms with Gasteiger partial charge in [-0.3, -0.25) is 10.3 Å². The van der Waals surface area contributed by atoms with Gasteiger partial charge in [0.15, 0.2) is 5.82 Å². The number of halogens is 2. The van der Waals surface area contributed by atoms with E-state index in [9.17, 15) is 14.4 Å². The normalized spacial score (nSPS) is 10.4. The number of hydrogen-bond acceptors (Lipinski definition) is 4. The number of hydrogen-bond donors (Lipinski definition) is 4. The summed E-state index contributed by atoms with van der Waals surface area (Å²) < 4.78 is 14.0. The summed E-state index contributed by atoms with van der Waals surface area (Å²) >= 11 is 5.93. The minimum atomic E-state index is -0.661. The predicted molar refractivity (Wildman–Crippen MR) is 96.1 cm³/mol. The third kappa shape index (κ3) is 5.06. The zero-order valence-electron chi connectivity index (χ0n) is 13.6. The number of anilines is 3. The molecule has 6 nitrogen and oxygen atoms in total. The van der Waals surface area contributed by atoms with Gasteiger partial charge in [-0.25, -0.2) is 9.18 Å². The molecular formula is C17H19ClFN3O3. The molecule has 2 aromatic carbocycles. The highest BCUT2D eigenvalue weighted by Crippen LogP contribution is 2.24. The molecule has 0 aliphatic carbocycles. The number of rotatable bonds is 6. The number of carbonyl (C=O) groups excluding carboxylic acids is 1. The molecule has 0 heterocycles. The molecule has 2 amide bonds. The number of aliphatic hydroxyl groups excluding tert-OH is 1. The maximum atomic E-state index is 14.0. The van der Waals surface area contributed by atoms with Crippen molar-refractivity contribution in [3.63, 3.8) is 0 Å². The van der Waals surface area contributed by atoms with Crippen molar-refractivity contribution in [2.24, 2.45) is 0 Å². The number of hydroxylamine groups is 1. The summed E-state index contributed by atoms with van der Waals surface area (Å²) in [5.41, 5.74) is 1.44. The standard InChI is InChI=1S/C17H19ClFN3O3/c1-2-22(25)16-6-5-13(10-14(16)19)20-17(24)21-15-9-12(18)4-3-11(15)7-8-23/h3-6,9-10,23,25H,2,7-8H2,1H3,(H2,20,21,24). The Kier molecular flexibility index (Phi) is 6.58. The van der Waals surface area contributed by atoms with Crippen LogP contribution in [0.2, 0.25) is 5.02 Å². The molecule has 134 valence electrons. The second kappa shape index (κ2) is 8.66. The summed E-state index contributed by atoms with van der Waals surface area (Å²) in [6.45, 7) is 1.83. The van der Waals surface area contributed by atoms with E-state index in [-0.39, 0.29) is 24.5 Å². The van der Waals surface area contributed by atoms with E-state index in [0.29, 0.717) is 17.1 Å². The molecule has 0 aromatic heterocycles. The summed E-state index contributed by atoms with van der Waals surface area (Å²) in [4.78, 5) is 12.1. The van der Waals surface area contributed by atoms with E-state index in [1.807, 2.05) is 0 Å². The molecule has 0 radical (unpaired) electrons. The first-order valence-electron chi connectivity index (χ1n) is 7.67. The Balaban J connectivity index is 2.10. The Morgan fingerprint density at radius 1 is 1.24 bits per heavy atom. The Bertz CT molecular complexity index is 758. The van der Waals surface area contributed by atoms with E-state index in [4.69, 9.17) is 16.7 Å². The SMILES string of the molecule is CCN(O)c1ccc(NC(=O)Nc2cc(Cl)ccc2CCO)cc1F. The van der Waals surface area contributed by atoms with E-state index < -0.39 is 11.8 Å². The van der Waals surface area contributed by atoms with Crippen LogP contribution in [0.5, 0.6) is 0 Å². The molecule has 0 atom stereocenters. The molecule has 2 aromatic rings. The van der Waals surface area contributed by atoms with Gasteiger partial charge in [0.05, 0.1) is 5.69 Å². The van der Waals surface area contributed by atoms with Crippen LogP contribution in [-0.2, 0) is 6.42 Å². The van der Waals surface area contributed by atoms with Gasteiger partial charge in [0.1, 0.15) is 0 Å². The van der Waals surface area contributed by atoms with Gasteiger partial charge in [-0.05, 0) is 49.2 Å². The summed E-state index contributed by atoms with van der Waals surface area (Å²) in [5.74, 6) is -0.661. The number of nitrogens with one attached hydrogen (secondary N) is 2. The van der Waals surface area contributed by atoms with Gasteiger partial charge in [-0.15, -0.1) is 0 Å². The van der Waals surface area contributed by atoms with E-state index in [0.717, 1.165) is 16.7 Å². The van der Waals surface area contributed by atoms with Gasteiger partial charge in [0.25, 0.3) is 0 Å². The summed E-state index contributed by atoms with van der Waals surface area (Å²) in [5, 5.41) is 25.0. The lowest BCUT2D eigenvalue weighted by Crippen LogP contribution is -2.21. The van der Waals surface area contributed by atoms with Gasteiger partial charge in [0, 0.05) is 29.5 Å². The smallest absolute Gasteiger partial charge is 0.323 e. The highest BCUT2D eigenvalue weighted by Gasteiger charge is 2.11. The lowest BCUT2D eigenvalue weighted by molar-refractivity contribution is 0.256. The van der Waals surface area contributed by atoms with Gasteiger partial charge >= 0.3 is 6.03 Å². The maximum Gasteiger partial charge on any atom is 0.323 e. The molecule has 4 N–H and O–H groups in total. The van der Waals surface area contributed by atoms with Crippen LogP contribution in [0.25, 0.3) is 0 Å². The van der Waals surface area contributed by atoms with E-state index >= 15 is 0 Å². The van der Waals surface area contributed by atoms with Crippen LogP contribution in [-0.4, -0.2) is 29.5 Å². The maximum absolute atomic E-state index is 14.0. The molecule has 0 spiro atoms. The first-order valence-corrected chi connectivity index (χ1v) is 8.05. The highest BCUT2D eigenvalue weighted by atomic mass is 35.5. The molecule has 0 fully saturated rings. The van der Waals surface area contributed by atoms with Crippen molar-refractivity contribution < 1.29 is 19.5 Å². The van der Waals surface area contributed by atoms with Crippen LogP contribution in [0.3, 0.4) is 0 Å². The van der Waals surface area contributed by atoms with Crippen LogP contribution in [0.1, 0.15) is 12.5 Å². The third-order valence-electron chi connectivity index (χ3n) is 3.48. The van der Waals surface area contributed by atoms with E-state index in [1.165, 1.54) is 12.1 Å². The first kappa shape index (κ1) is 19.0. The Hall–Kier alpha value is -2.35. The number of urea groups is 1. The van der Waals surface area contributed by atoms with Crippen molar-refractivity contribution in [3.05, 3.63) is 52.8 Å². The number of benzene rings is 2. The van der Waals surface area contributed by atoms with Crippen molar-refractivity contribution in [3.8, 4) is 0 Å². The Morgan fingerprint density at radius 2 is 2.00 bits per heavy atom. The predicted octanol–water partition coefficient (Wildman–Crippen LogP) is 3.87. The summed E-state index contributed by atoms with van der Waals surface area (Å²) in [6.07, 6.45) is 0.361. The molecule has 0 unspecified atom stereocenters. The molecule has 25 heavy (non-hydrogen) atoms. The average Bonchev–Trinajstić information content (AvgIpc) is 2.57. The lowest BCUT2D eigenvalue weighted by Gasteiger charge is -2.16. The summed E-state index contributed by atoms with van der Waals surface area (Å²) in [7, 11) is 0. The number of amides is 2. The topological polar surface area (TPSA) is 84.8 Å². The van der Waals surface area contributed by atoms with Crippen molar-refractivity contribution in [2.45, 2.75) is 13.3 Å². The first-order chi connectivity index (χ1) is 11.9. The minimum absolute atomic E-state index is 0.0218. The van der Waals surface area contributed by atoms with Crippen LogP contribution >= 0.6 is 11.6 Å². The van der Waals surface area contributed by atoms with Gasteiger partial charge in [0.2, 0.25) is 0 Å². The van der Waals surface area contributed by atoms with Crippen molar-refractivity contribution in [1.82, 2.24) is 0 Å². The molecule has 8 heteroatoms. The quantitative estimate of drug-likeness (QED) is 0.584. The van der Waals surface area contributed by atoms with Crippen LogP contribution in [0, 0.1) is 5.82 Å². The van der Waals surface area contributed by atoms with E-state index in [1.54, 1.807) is 25.1 Å². The molecule has 0 bridgehead atoms. The van der Waals surface area contributed by atoms with Gasteiger partial charge in [-0.2, -0.15) is 0 Å². The summed E-state index contributed by atoms with van der Waals surface area (Å²) in [6, 6.07) is 8.32. The van der Waals surface area contributed by atoms with Crippen molar-refractivity contribution in [1.29, 1.82) is 0 Å². The molecule has 0 saturated carbocycles. The molecular weight excluding hydrogens is 349 g/mol. The second-order valence-electron chi connectivity index (χ2n) is 5.24. The molecule has 0 aliphatic heterocycles. The third-order valence-corrected chi connectivity index (χ3v) is 3.72. The van der Waals surface area contributed by atoms with Gasteiger partial charge < -0.3 is 15.7 Å².